The summed E-state index contributed by atoms with van der Waals surface area (Å²) in [5, 5.41) is 6.64. The van der Waals surface area contributed by atoms with Gasteiger partial charge in [-0.2, -0.15) is 0 Å². The van der Waals surface area contributed by atoms with Gasteiger partial charge in [0.25, 0.3) is 0 Å². The van der Waals surface area contributed by atoms with Gasteiger partial charge in [0.05, 0.1) is 4.88 Å². The molecule has 0 saturated carbocycles. The molecule has 0 spiro atoms. The number of rotatable bonds is 7. The summed E-state index contributed by atoms with van der Waals surface area (Å²) in [7, 11) is 0. The summed E-state index contributed by atoms with van der Waals surface area (Å²) in [4.78, 5) is 4.33. The fraction of sp³-hybridized carbons (Fsp3) is 0.333. The molecule has 0 aromatic carbocycles. The molecule has 0 saturated heterocycles. The highest BCUT2D eigenvalue weighted by Crippen LogP contribution is 2.42. The maximum Gasteiger partial charge on any atom is 0.0531 e. The van der Waals surface area contributed by atoms with Crippen LogP contribution in [0.4, 0.5) is 0 Å². The molecular weight excluding hydrogens is 312 g/mol. The van der Waals surface area contributed by atoms with Crippen LogP contribution in [-0.2, 0) is 6.42 Å². The first kappa shape index (κ1) is 15.0. The molecule has 0 N–H and O–H groups in total. The lowest BCUT2D eigenvalue weighted by atomic mass is 10.1. The summed E-state index contributed by atoms with van der Waals surface area (Å²) in [6.45, 7) is 2.27. The largest absolute Gasteiger partial charge is 0.144 e. The van der Waals surface area contributed by atoms with Crippen LogP contribution in [0.5, 0.6) is 0 Å². The van der Waals surface area contributed by atoms with Crippen molar-refractivity contribution in [2.24, 2.45) is 0 Å². The van der Waals surface area contributed by atoms with Gasteiger partial charge in [0.1, 0.15) is 0 Å². The predicted octanol–water partition coefficient (Wildman–Crippen LogP) is 7.33. The second kappa shape index (κ2) is 7.39. The van der Waals surface area contributed by atoms with Crippen molar-refractivity contribution in [3.63, 3.8) is 0 Å². The molecule has 0 bridgehead atoms. The maximum atomic E-state index is 2.32. The van der Waals surface area contributed by atoms with Gasteiger partial charge < -0.3 is 0 Å². The Balaban J connectivity index is 1.82. The van der Waals surface area contributed by atoms with Gasteiger partial charge in [-0.05, 0) is 52.7 Å². The monoisotopic (exact) mass is 332 g/mol. The molecule has 0 aliphatic carbocycles. The molecule has 3 rings (SSSR count). The summed E-state index contributed by atoms with van der Waals surface area (Å²) < 4.78 is 0. The molecule has 0 aliphatic heterocycles. The molecule has 0 fully saturated rings. The molecule has 3 heterocycles. The van der Waals surface area contributed by atoms with Crippen LogP contribution in [-0.4, -0.2) is 0 Å². The number of hydrogen-bond acceptors (Lipinski definition) is 3. The number of unbranched alkanes of at least 4 members (excludes halogenated alkanes) is 3. The zero-order valence-corrected chi connectivity index (χ0v) is 14.8. The first-order valence-electron chi connectivity index (χ1n) is 7.58. The van der Waals surface area contributed by atoms with E-state index in [1.165, 1.54) is 57.9 Å². The van der Waals surface area contributed by atoms with Crippen LogP contribution >= 0.6 is 34.0 Å². The van der Waals surface area contributed by atoms with E-state index in [1.54, 1.807) is 0 Å². The van der Waals surface area contributed by atoms with Crippen molar-refractivity contribution in [2.75, 3.05) is 0 Å². The molecule has 21 heavy (non-hydrogen) atoms. The smallest absolute Gasteiger partial charge is 0.0531 e. The van der Waals surface area contributed by atoms with Crippen LogP contribution < -0.4 is 0 Å². The van der Waals surface area contributed by atoms with E-state index in [0.29, 0.717) is 0 Å². The topological polar surface area (TPSA) is 0 Å². The van der Waals surface area contributed by atoms with Crippen molar-refractivity contribution in [2.45, 2.75) is 39.0 Å². The van der Waals surface area contributed by atoms with Crippen LogP contribution in [0, 0.1) is 0 Å². The van der Waals surface area contributed by atoms with Crippen LogP contribution in [0.25, 0.3) is 20.2 Å². The molecule has 0 atom stereocenters. The van der Waals surface area contributed by atoms with Crippen LogP contribution in [0.2, 0.25) is 0 Å². The predicted molar refractivity (Wildman–Crippen MR) is 98.8 cm³/mol. The van der Waals surface area contributed by atoms with Gasteiger partial charge in [0.15, 0.2) is 0 Å². The Labute approximate surface area is 139 Å². The third-order valence-electron chi connectivity index (χ3n) is 3.70. The van der Waals surface area contributed by atoms with Gasteiger partial charge in [-0.25, -0.2) is 0 Å². The Morgan fingerprint density at radius 3 is 2.48 bits per heavy atom. The number of thiophene rings is 3. The summed E-state index contributed by atoms with van der Waals surface area (Å²) >= 11 is 5.61. The molecular formula is C18H20S3. The minimum atomic E-state index is 1.22. The molecule has 110 valence electrons. The van der Waals surface area contributed by atoms with E-state index in [2.05, 4.69) is 47.3 Å². The summed E-state index contributed by atoms with van der Waals surface area (Å²) in [5.41, 5.74) is 2.95. The van der Waals surface area contributed by atoms with E-state index >= 15 is 0 Å². The fourth-order valence-electron chi connectivity index (χ4n) is 2.58. The lowest BCUT2D eigenvalue weighted by molar-refractivity contribution is 0.668. The first-order valence-corrected chi connectivity index (χ1v) is 10.2. The van der Waals surface area contributed by atoms with Gasteiger partial charge >= 0.3 is 0 Å². The van der Waals surface area contributed by atoms with Gasteiger partial charge in [-0.15, -0.1) is 34.0 Å². The molecule has 0 aliphatic rings. The van der Waals surface area contributed by atoms with E-state index in [0.717, 1.165) is 0 Å². The zero-order valence-electron chi connectivity index (χ0n) is 12.3. The highest BCUT2D eigenvalue weighted by atomic mass is 32.1. The number of hydrogen-bond donors (Lipinski definition) is 0. The molecule has 3 aromatic rings. The van der Waals surface area contributed by atoms with E-state index < -0.39 is 0 Å². The third-order valence-corrected chi connectivity index (χ3v) is 6.64. The number of aryl methyl sites for hydroxylation is 1. The highest BCUT2D eigenvalue weighted by molar-refractivity contribution is 7.21. The average Bonchev–Trinajstić information content (AvgIpc) is 3.22. The zero-order chi connectivity index (χ0) is 14.5. The second-order valence-corrected chi connectivity index (χ2v) is 8.01. The minimum Gasteiger partial charge on any atom is -0.144 e. The summed E-state index contributed by atoms with van der Waals surface area (Å²) in [6.07, 6.45) is 6.56. The van der Waals surface area contributed by atoms with E-state index in [4.69, 9.17) is 0 Å². The van der Waals surface area contributed by atoms with Crippen molar-refractivity contribution >= 4 is 34.0 Å². The molecule has 0 amide bonds. The highest BCUT2D eigenvalue weighted by Gasteiger charge is 2.14. The maximum absolute atomic E-state index is 2.32. The van der Waals surface area contributed by atoms with Crippen LogP contribution in [0.1, 0.15) is 38.2 Å². The van der Waals surface area contributed by atoms with E-state index in [1.807, 2.05) is 34.0 Å². The first-order chi connectivity index (χ1) is 10.4. The molecule has 3 aromatic heterocycles. The third kappa shape index (κ3) is 3.47. The van der Waals surface area contributed by atoms with Crippen LogP contribution in [0.15, 0.2) is 40.4 Å². The van der Waals surface area contributed by atoms with E-state index in [-0.39, 0.29) is 0 Å². The van der Waals surface area contributed by atoms with Crippen molar-refractivity contribution in [1.29, 1.82) is 0 Å². The molecule has 0 unspecified atom stereocenters. The second-order valence-electron chi connectivity index (χ2n) is 5.23. The van der Waals surface area contributed by atoms with Crippen molar-refractivity contribution in [3.8, 4) is 20.2 Å². The van der Waals surface area contributed by atoms with Crippen molar-refractivity contribution < 1.29 is 0 Å². The average molecular weight is 333 g/mol. The molecule has 3 heteroatoms. The Bertz CT molecular complexity index is 658. The van der Waals surface area contributed by atoms with Gasteiger partial charge in [0, 0.05) is 15.3 Å². The Morgan fingerprint density at radius 1 is 0.810 bits per heavy atom. The van der Waals surface area contributed by atoms with Gasteiger partial charge in [-0.1, -0.05) is 32.3 Å². The van der Waals surface area contributed by atoms with Crippen molar-refractivity contribution in [3.05, 3.63) is 46.0 Å². The van der Waals surface area contributed by atoms with Gasteiger partial charge in [0.2, 0.25) is 0 Å². The van der Waals surface area contributed by atoms with E-state index in [9.17, 15) is 0 Å². The Morgan fingerprint density at radius 2 is 1.67 bits per heavy atom. The quantitative estimate of drug-likeness (QED) is 0.397. The van der Waals surface area contributed by atoms with Crippen molar-refractivity contribution in [1.82, 2.24) is 0 Å². The normalized spacial score (nSPS) is 11.1. The Hall–Kier alpha value is -0.900. The lowest BCUT2D eigenvalue weighted by Crippen LogP contribution is -1.86. The molecule has 0 nitrogen and oxygen atoms in total. The minimum absolute atomic E-state index is 1.22. The standard InChI is InChI=1S/C18H20S3/c1-2-3-4-5-7-14-9-12-20-17(14)18-15(10-13-21-18)16-8-6-11-19-16/h6,8-13H,2-5,7H2,1H3. The van der Waals surface area contributed by atoms with Gasteiger partial charge in [-0.3, -0.25) is 0 Å². The van der Waals surface area contributed by atoms with Crippen LogP contribution in [0.3, 0.4) is 0 Å². The molecule has 0 radical (unpaired) electrons. The summed E-state index contributed by atoms with van der Waals surface area (Å²) in [5.74, 6) is 0. The fourth-order valence-corrected chi connectivity index (χ4v) is 5.49. The summed E-state index contributed by atoms with van der Waals surface area (Å²) in [6, 6.07) is 8.96. The Kier molecular flexibility index (Phi) is 5.28. The SMILES string of the molecule is CCCCCCc1ccsc1-c1sccc1-c1cccs1. The lowest BCUT2D eigenvalue weighted by Gasteiger charge is -2.05.